The minimum Gasteiger partial charge on any atom is -0.456 e. The highest BCUT2D eigenvalue weighted by atomic mass is 19.4. The summed E-state index contributed by atoms with van der Waals surface area (Å²) >= 11 is 0. The number of hydrogen-bond donors (Lipinski definition) is 1. The first-order valence-electron chi connectivity index (χ1n) is 10.2. The number of ether oxygens (including phenoxy) is 1. The number of alkyl halides is 6. The molecule has 33 heavy (non-hydrogen) atoms. The molecule has 0 aromatic heterocycles. The van der Waals surface area contributed by atoms with E-state index in [1.165, 1.54) is 12.1 Å². The molecule has 2 nitrogen and oxygen atoms in total. The lowest BCUT2D eigenvalue weighted by Gasteiger charge is -2.22. The minimum atomic E-state index is -4.37. The molecule has 0 amide bonds. The van der Waals surface area contributed by atoms with Gasteiger partial charge >= 0.3 is 12.4 Å². The van der Waals surface area contributed by atoms with Gasteiger partial charge in [0.1, 0.15) is 18.0 Å². The summed E-state index contributed by atoms with van der Waals surface area (Å²) in [4.78, 5) is 0. The number of fused-ring (bicyclic) bond motifs is 2. The number of halogens is 6. The molecule has 0 fully saturated rings. The van der Waals surface area contributed by atoms with Crippen molar-refractivity contribution in [2.75, 3.05) is 11.9 Å². The summed E-state index contributed by atoms with van der Waals surface area (Å²) in [5, 5.41) is 3.66. The largest absolute Gasteiger partial charge is 0.456 e. The SMILES string of the molecule is FC(F)(F)CC/C=c1\ccc2c(c1)Oc1cc(NCC(F)(F)F)ccc1C=2c1ccccc1. The second kappa shape index (κ2) is 8.84. The van der Waals surface area contributed by atoms with Crippen LogP contribution < -0.4 is 20.5 Å². The maximum absolute atomic E-state index is 12.6. The average molecular weight is 463 g/mol. The van der Waals surface area contributed by atoms with Crippen molar-refractivity contribution in [3.05, 3.63) is 88.3 Å². The van der Waals surface area contributed by atoms with Gasteiger partial charge in [-0.05, 0) is 41.5 Å². The lowest BCUT2D eigenvalue weighted by Crippen LogP contribution is -2.22. The molecular weight excluding hydrogens is 444 g/mol. The molecule has 3 aromatic carbocycles. The number of anilines is 1. The first-order valence-corrected chi connectivity index (χ1v) is 10.2. The molecule has 0 unspecified atom stereocenters. The van der Waals surface area contributed by atoms with Crippen LogP contribution in [0.3, 0.4) is 0 Å². The predicted molar refractivity (Wildman–Crippen MR) is 115 cm³/mol. The van der Waals surface area contributed by atoms with E-state index in [0.29, 0.717) is 22.3 Å². The zero-order valence-corrected chi connectivity index (χ0v) is 17.2. The Morgan fingerprint density at radius 3 is 2.24 bits per heavy atom. The standard InChI is InChI=1S/C25H19F6NO/c26-24(27,28)12-4-5-16-8-10-19-21(13-16)33-22-14-18(32-15-25(29,30)31)9-11-20(22)23(19)17-6-2-1-3-7-17/h1-3,5-11,13-14,32H,4,12,15H2/b16-5+. The number of hydrogen-bond acceptors (Lipinski definition) is 2. The summed E-state index contributed by atoms with van der Waals surface area (Å²) in [5.74, 6) is 0.788. The van der Waals surface area contributed by atoms with Crippen molar-refractivity contribution in [2.24, 2.45) is 0 Å². The third-order valence-electron chi connectivity index (χ3n) is 5.11. The van der Waals surface area contributed by atoms with E-state index in [0.717, 1.165) is 16.4 Å². The number of nitrogens with one attached hydrogen (secondary N) is 1. The van der Waals surface area contributed by atoms with Crippen LogP contribution >= 0.6 is 0 Å². The fourth-order valence-electron chi connectivity index (χ4n) is 3.66. The molecule has 0 atom stereocenters. The van der Waals surface area contributed by atoms with Crippen LogP contribution in [-0.2, 0) is 0 Å². The molecular formula is C25H19F6NO. The molecule has 0 saturated heterocycles. The molecule has 172 valence electrons. The van der Waals surface area contributed by atoms with Crippen LogP contribution in [0.5, 0.6) is 11.5 Å². The Bertz CT molecular complexity index is 1260. The van der Waals surface area contributed by atoms with Gasteiger partial charge in [0.15, 0.2) is 0 Å². The molecule has 1 heterocycles. The second-order valence-corrected chi connectivity index (χ2v) is 7.64. The molecule has 1 aliphatic heterocycles. The van der Waals surface area contributed by atoms with Gasteiger partial charge in [0, 0.05) is 34.5 Å². The Morgan fingerprint density at radius 1 is 0.788 bits per heavy atom. The lowest BCUT2D eigenvalue weighted by atomic mass is 9.92. The van der Waals surface area contributed by atoms with Gasteiger partial charge in [-0.2, -0.15) is 26.3 Å². The van der Waals surface area contributed by atoms with Crippen molar-refractivity contribution >= 4 is 17.3 Å². The Morgan fingerprint density at radius 2 is 1.55 bits per heavy atom. The maximum Gasteiger partial charge on any atom is 0.405 e. The van der Waals surface area contributed by atoms with Crippen LogP contribution in [0.1, 0.15) is 24.0 Å². The van der Waals surface area contributed by atoms with E-state index in [9.17, 15) is 26.3 Å². The van der Waals surface area contributed by atoms with Gasteiger partial charge in [-0.25, -0.2) is 0 Å². The monoisotopic (exact) mass is 463 g/mol. The first-order chi connectivity index (χ1) is 15.6. The summed E-state index contributed by atoms with van der Waals surface area (Å²) < 4.78 is 81.3. The molecule has 1 N–H and O–H groups in total. The van der Waals surface area contributed by atoms with E-state index >= 15 is 0 Å². The normalized spacial score (nSPS) is 13.9. The average Bonchev–Trinajstić information content (AvgIpc) is 2.75. The van der Waals surface area contributed by atoms with Crippen LogP contribution in [0.15, 0.2) is 66.7 Å². The van der Waals surface area contributed by atoms with E-state index in [1.54, 1.807) is 30.3 Å². The Labute approximate surface area is 185 Å². The second-order valence-electron chi connectivity index (χ2n) is 7.64. The van der Waals surface area contributed by atoms with Gasteiger partial charge in [-0.1, -0.05) is 42.5 Å². The minimum absolute atomic E-state index is 0.167. The van der Waals surface area contributed by atoms with E-state index in [-0.39, 0.29) is 12.1 Å². The molecule has 1 aliphatic rings. The van der Waals surface area contributed by atoms with Crippen LogP contribution in [0, 0.1) is 0 Å². The molecule has 3 aromatic rings. The van der Waals surface area contributed by atoms with Gasteiger partial charge in [-0.15, -0.1) is 0 Å². The van der Waals surface area contributed by atoms with Crippen LogP contribution in [-0.4, -0.2) is 18.9 Å². The van der Waals surface area contributed by atoms with Gasteiger partial charge < -0.3 is 10.1 Å². The molecule has 4 rings (SSSR count). The zero-order valence-electron chi connectivity index (χ0n) is 17.2. The van der Waals surface area contributed by atoms with Gasteiger partial charge in [-0.3, -0.25) is 0 Å². The Hall–Kier alpha value is -3.42. The van der Waals surface area contributed by atoms with Crippen molar-refractivity contribution in [1.82, 2.24) is 0 Å². The van der Waals surface area contributed by atoms with E-state index < -0.39 is 25.3 Å². The summed E-state index contributed by atoms with van der Waals surface area (Å²) in [5.41, 5.74) is 2.67. The van der Waals surface area contributed by atoms with Crippen molar-refractivity contribution in [3.63, 3.8) is 0 Å². The highest BCUT2D eigenvalue weighted by Gasteiger charge is 2.27. The summed E-state index contributed by atoms with van der Waals surface area (Å²) in [6.45, 7) is -1.18. The first kappa shape index (κ1) is 22.8. The topological polar surface area (TPSA) is 21.3 Å². The van der Waals surface area contributed by atoms with Crippen LogP contribution in [0.4, 0.5) is 32.0 Å². The molecule has 0 spiro atoms. The molecule has 8 heteroatoms. The van der Waals surface area contributed by atoms with E-state index in [4.69, 9.17) is 4.74 Å². The predicted octanol–water partition coefficient (Wildman–Crippen LogP) is 6.14. The van der Waals surface area contributed by atoms with Gasteiger partial charge in [0.2, 0.25) is 0 Å². The molecule has 0 radical (unpaired) electrons. The third-order valence-corrected chi connectivity index (χ3v) is 5.11. The molecule has 0 bridgehead atoms. The highest BCUT2D eigenvalue weighted by Crippen LogP contribution is 2.37. The summed E-state index contributed by atoms with van der Waals surface area (Å²) in [6.07, 6.45) is -8.22. The fourth-order valence-corrected chi connectivity index (χ4v) is 3.66. The van der Waals surface area contributed by atoms with Crippen molar-refractivity contribution in [3.8, 4) is 11.5 Å². The number of benzene rings is 3. The van der Waals surface area contributed by atoms with E-state index in [2.05, 4.69) is 5.32 Å². The highest BCUT2D eigenvalue weighted by molar-refractivity contribution is 5.86. The van der Waals surface area contributed by atoms with Crippen molar-refractivity contribution in [2.45, 2.75) is 25.2 Å². The quantitative estimate of drug-likeness (QED) is 0.359. The zero-order chi connectivity index (χ0) is 23.6. The molecule has 0 saturated carbocycles. The maximum atomic E-state index is 12.6. The lowest BCUT2D eigenvalue weighted by molar-refractivity contribution is -0.133. The van der Waals surface area contributed by atoms with Crippen molar-refractivity contribution < 1.29 is 31.1 Å². The summed E-state index contributed by atoms with van der Waals surface area (Å²) in [7, 11) is 0. The Balaban J connectivity index is 1.78. The summed E-state index contributed by atoms with van der Waals surface area (Å²) in [6, 6.07) is 19.3. The van der Waals surface area contributed by atoms with Gasteiger partial charge in [0.05, 0.1) is 0 Å². The van der Waals surface area contributed by atoms with Crippen LogP contribution in [0.2, 0.25) is 0 Å². The van der Waals surface area contributed by atoms with Crippen LogP contribution in [0.25, 0.3) is 11.6 Å². The van der Waals surface area contributed by atoms with Crippen molar-refractivity contribution in [1.29, 1.82) is 0 Å². The number of rotatable bonds is 5. The third kappa shape index (κ3) is 5.69. The smallest absolute Gasteiger partial charge is 0.405 e. The van der Waals surface area contributed by atoms with Gasteiger partial charge in [0.25, 0.3) is 0 Å². The molecule has 0 aliphatic carbocycles. The fraction of sp³-hybridized carbons (Fsp3) is 0.200. The Kier molecular flexibility index (Phi) is 6.10. The van der Waals surface area contributed by atoms with E-state index in [1.807, 2.05) is 30.3 Å².